The Balaban J connectivity index is 0.000000758. The minimum Gasteiger partial charge on any atom is -0.483 e. The maximum absolute atomic E-state index is 12.6. The van der Waals surface area contributed by atoms with Crippen LogP contribution in [0.2, 0.25) is 0 Å². The second-order valence-corrected chi connectivity index (χ2v) is 7.39. The SMILES string of the molecule is CC(C)c1ccc(N2CCC3(CC2)CC(O)CN(C)C3=O)nn1.O=CO. The van der Waals surface area contributed by atoms with Gasteiger partial charge in [0.2, 0.25) is 5.91 Å². The van der Waals surface area contributed by atoms with E-state index >= 15 is 0 Å². The van der Waals surface area contributed by atoms with Crippen LogP contribution in [0.25, 0.3) is 0 Å². The Morgan fingerprint density at radius 3 is 2.38 bits per heavy atom. The Hall–Kier alpha value is -2.22. The number of nitrogens with zero attached hydrogens (tertiary/aromatic N) is 4. The molecule has 2 aliphatic heterocycles. The third kappa shape index (κ3) is 4.30. The van der Waals surface area contributed by atoms with Gasteiger partial charge in [0.1, 0.15) is 0 Å². The smallest absolute Gasteiger partial charge is 0.290 e. The molecule has 2 N–H and O–H groups in total. The van der Waals surface area contributed by atoms with Gasteiger partial charge in [-0.3, -0.25) is 9.59 Å². The Labute approximate surface area is 153 Å². The van der Waals surface area contributed by atoms with E-state index in [9.17, 15) is 9.90 Å². The van der Waals surface area contributed by atoms with E-state index in [1.165, 1.54) is 0 Å². The number of rotatable bonds is 2. The van der Waals surface area contributed by atoms with Gasteiger partial charge in [0.15, 0.2) is 5.82 Å². The molecule has 1 unspecified atom stereocenters. The number of aliphatic hydroxyl groups excluding tert-OH is 1. The van der Waals surface area contributed by atoms with Gasteiger partial charge in [0, 0.05) is 26.7 Å². The van der Waals surface area contributed by atoms with Crippen LogP contribution in [-0.4, -0.2) is 70.5 Å². The molecule has 1 aromatic rings. The first-order valence-electron chi connectivity index (χ1n) is 8.93. The van der Waals surface area contributed by atoms with E-state index in [2.05, 4.69) is 28.9 Å². The molecule has 26 heavy (non-hydrogen) atoms. The van der Waals surface area contributed by atoms with E-state index in [-0.39, 0.29) is 12.4 Å². The fourth-order valence-electron chi connectivity index (χ4n) is 3.80. The molecule has 3 rings (SSSR count). The zero-order chi connectivity index (χ0) is 19.3. The van der Waals surface area contributed by atoms with E-state index in [1.807, 2.05) is 12.1 Å². The topological polar surface area (TPSA) is 107 Å². The van der Waals surface area contributed by atoms with Gasteiger partial charge >= 0.3 is 0 Å². The number of hydrogen-bond donors (Lipinski definition) is 2. The Morgan fingerprint density at radius 2 is 1.88 bits per heavy atom. The number of piperidine rings is 2. The quantitative estimate of drug-likeness (QED) is 0.757. The number of aliphatic hydroxyl groups is 1. The summed E-state index contributed by atoms with van der Waals surface area (Å²) in [5.74, 6) is 1.43. The highest BCUT2D eigenvalue weighted by Crippen LogP contribution is 2.41. The van der Waals surface area contributed by atoms with Crippen molar-refractivity contribution in [1.29, 1.82) is 0 Å². The first-order valence-corrected chi connectivity index (χ1v) is 8.93. The summed E-state index contributed by atoms with van der Waals surface area (Å²) < 4.78 is 0. The second kappa shape index (κ2) is 8.44. The van der Waals surface area contributed by atoms with Gasteiger partial charge in [-0.25, -0.2) is 0 Å². The summed E-state index contributed by atoms with van der Waals surface area (Å²) in [4.78, 5) is 24.8. The number of carbonyl (C=O) groups excluding carboxylic acids is 1. The summed E-state index contributed by atoms with van der Waals surface area (Å²) in [5.41, 5.74) is 0.600. The van der Waals surface area contributed by atoms with Crippen molar-refractivity contribution in [1.82, 2.24) is 15.1 Å². The van der Waals surface area contributed by atoms with Gasteiger partial charge in [-0.2, -0.15) is 5.10 Å². The molecule has 1 atom stereocenters. The van der Waals surface area contributed by atoms with Crippen molar-refractivity contribution in [3.63, 3.8) is 0 Å². The second-order valence-electron chi connectivity index (χ2n) is 7.39. The molecule has 0 aliphatic carbocycles. The summed E-state index contributed by atoms with van der Waals surface area (Å²) in [5, 5.41) is 25.6. The van der Waals surface area contributed by atoms with Crippen LogP contribution in [0.3, 0.4) is 0 Å². The molecule has 8 nitrogen and oxygen atoms in total. The molecule has 1 aromatic heterocycles. The first-order chi connectivity index (χ1) is 12.3. The zero-order valence-electron chi connectivity index (χ0n) is 15.6. The maximum atomic E-state index is 12.6. The lowest BCUT2D eigenvalue weighted by Crippen LogP contribution is -2.56. The monoisotopic (exact) mass is 364 g/mol. The molecule has 2 aliphatic rings. The van der Waals surface area contributed by atoms with Crippen molar-refractivity contribution in [2.45, 2.75) is 45.1 Å². The standard InChI is InChI=1S/C17H26N4O2.CH2O2/c1-12(2)14-4-5-15(19-18-14)21-8-6-17(7-9-21)10-13(22)11-20(3)16(17)23;2-1-3/h4-5,12-13,22H,6-11H2,1-3H3;1H,(H,2,3). The third-order valence-corrected chi connectivity index (χ3v) is 5.22. The molecule has 1 spiro atoms. The van der Waals surface area contributed by atoms with Crippen LogP contribution in [0.5, 0.6) is 0 Å². The number of anilines is 1. The number of β-amino-alcohol motifs (C(OH)–C–C–N with tert-alkyl or cyclic N) is 1. The van der Waals surface area contributed by atoms with Crippen molar-refractivity contribution in [2.24, 2.45) is 5.41 Å². The molecule has 0 aromatic carbocycles. The predicted octanol–water partition coefficient (Wildman–Crippen LogP) is 1.11. The van der Waals surface area contributed by atoms with E-state index < -0.39 is 11.5 Å². The molecule has 3 heterocycles. The van der Waals surface area contributed by atoms with E-state index in [0.29, 0.717) is 18.9 Å². The fourth-order valence-corrected chi connectivity index (χ4v) is 3.80. The lowest BCUT2D eigenvalue weighted by Gasteiger charge is -2.47. The van der Waals surface area contributed by atoms with Gasteiger partial charge in [-0.15, -0.1) is 5.10 Å². The number of carbonyl (C=O) groups is 2. The molecule has 2 fully saturated rings. The first kappa shape index (κ1) is 20.1. The molecule has 144 valence electrons. The lowest BCUT2D eigenvalue weighted by atomic mass is 9.71. The summed E-state index contributed by atoms with van der Waals surface area (Å²) in [7, 11) is 1.79. The summed E-state index contributed by atoms with van der Waals surface area (Å²) >= 11 is 0. The van der Waals surface area contributed by atoms with Crippen molar-refractivity contribution in [2.75, 3.05) is 31.6 Å². The highest BCUT2D eigenvalue weighted by atomic mass is 16.3. The molecule has 2 saturated heterocycles. The van der Waals surface area contributed by atoms with E-state index in [0.717, 1.165) is 37.4 Å². The number of amides is 1. The highest BCUT2D eigenvalue weighted by molar-refractivity contribution is 5.83. The van der Waals surface area contributed by atoms with Crippen LogP contribution in [-0.2, 0) is 9.59 Å². The number of likely N-dealkylation sites (N-methyl/N-ethyl adjacent to an activating group) is 1. The molecule has 8 heteroatoms. The van der Waals surface area contributed by atoms with Gasteiger partial charge < -0.3 is 20.0 Å². The van der Waals surface area contributed by atoms with E-state index in [1.54, 1.807) is 11.9 Å². The number of hydrogen-bond acceptors (Lipinski definition) is 6. The zero-order valence-corrected chi connectivity index (χ0v) is 15.6. The van der Waals surface area contributed by atoms with Gasteiger partial charge in [-0.1, -0.05) is 13.8 Å². The van der Waals surface area contributed by atoms with Gasteiger partial charge in [0.25, 0.3) is 6.47 Å². The summed E-state index contributed by atoms with van der Waals surface area (Å²) in [6.07, 6.45) is 1.71. The predicted molar refractivity (Wildman–Crippen MR) is 97.0 cm³/mol. The Bertz CT molecular complexity index is 612. The largest absolute Gasteiger partial charge is 0.483 e. The minimum atomic E-state index is -0.408. The summed E-state index contributed by atoms with van der Waals surface area (Å²) in [6, 6.07) is 4.05. The Kier molecular flexibility index (Phi) is 6.52. The Morgan fingerprint density at radius 1 is 1.27 bits per heavy atom. The van der Waals surface area contributed by atoms with Crippen LogP contribution < -0.4 is 4.90 Å². The van der Waals surface area contributed by atoms with Crippen molar-refractivity contribution in [3.8, 4) is 0 Å². The fraction of sp³-hybridized carbons (Fsp3) is 0.667. The van der Waals surface area contributed by atoms with Crippen LogP contribution in [0, 0.1) is 5.41 Å². The molecular formula is C18H28N4O4. The van der Waals surface area contributed by atoms with Crippen molar-refractivity contribution >= 4 is 18.2 Å². The summed E-state index contributed by atoms with van der Waals surface area (Å²) in [6.45, 7) is 5.96. The maximum Gasteiger partial charge on any atom is 0.290 e. The molecule has 0 bridgehead atoms. The van der Waals surface area contributed by atoms with Crippen LogP contribution in [0.4, 0.5) is 5.82 Å². The van der Waals surface area contributed by atoms with E-state index in [4.69, 9.17) is 9.90 Å². The van der Waals surface area contributed by atoms with Crippen LogP contribution >= 0.6 is 0 Å². The molecular weight excluding hydrogens is 336 g/mol. The third-order valence-electron chi connectivity index (χ3n) is 5.22. The average Bonchev–Trinajstić information content (AvgIpc) is 2.61. The van der Waals surface area contributed by atoms with Crippen LogP contribution in [0.1, 0.15) is 44.7 Å². The molecule has 0 saturated carbocycles. The minimum absolute atomic E-state index is 0.184. The molecule has 1 amide bonds. The van der Waals surface area contributed by atoms with Crippen molar-refractivity contribution in [3.05, 3.63) is 17.8 Å². The number of carboxylic acid groups (broad SMARTS) is 1. The number of aromatic nitrogens is 2. The lowest BCUT2D eigenvalue weighted by molar-refractivity contribution is -0.152. The highest BCUT2D eigenvalue weighted by Gasteiger charge is 2.47. The average molecular weight is 364 g/mol. The van der Waals surface area contributed by atoms with Crippen molar-refractivity contribution < 1.29 is 19.8 Å². The van der Waals surface area contributed by atoms with Gasteiger partial charge in [-0.05, 0) is 37.3 Å². The number of likely N-dealkylation sites (tertiary alicyclic amines) is 1. The molecule has 0 radical (unpaired) electrons. The van der Waals surface area contributed by atoms with Crippen LogP contribution in [0.15, 0.2) is 12.1 Å². The van der Waals surface area contributed by atoms with Gasteiger partial charge in [0.05, 0.1) is 17.2 Å². The normalized spacial score (nSPS) is 22.2.